The Morgan fingerprint density at radius 3 is 2.50 bits per heavy atom. The Labute approximate surface area is 131 Å². The van der Waals surface area contributed by atoms with E-state index in [1.165, 1.54) is 0 Å². The van der Waals surface area contributed by atoms with Gasteiger partial charge in [0, 0.05) is 0 Å². The van der Waals surface area contributed by atoms with Crippen LogP contribution >= 0.6 is 0 Å². The topological polar surface area (TPSA) is 57.2 Å². The van der Waals surface area contributed by atoms with Gasteiger partial charge in [-0.15, -0.1) is 0 Å². The summed E-state index contributed by atoms with van der Waals surface area (Å²) in [5, 5.41) is 9.85. The lowest BCUT2D eigenvalue weighted by Gasteiger charge is -2.34. The van der Waals surface area contributed by atoms with Crippen molar-refractivity contribution in [1.82, 2.24) is 0 Å². The molecule has 3 rings (SSSR count). The molecule has 5 nitrogen and oxygen atoms in total. The average molecular weight is 308 g/mol. The summed E-state index contributed by atoms with van der Waals surface area (Å²) in [5.41, 5.74) is 0.299. The zero-order valence-electron chi connectivity index (χ0n) is 13.3. The Morgan fingerprint density at radius 1 is 1.14 bits per heavy atom. The van der Waals surface area contributed by atoms with Gasteiger partial charge in [0.15, 0.2) is 12.1 Å². The van der Waals surface area contributed by atoms with Gasteiger partial charge in [0.05, 0.1) is 13.2 Å². The molecule has 122 valence electrons. The van der Waals surface area contributed by atoms with Gasteiger partial charge in [-0.2, -0.15) is 0 Å². The van der Waals surface area contributed by atoms with Crippen LogP contribution in [0.2, 0.25) is 0 Å². The number of ether oxygens (including phenoxy) is 4. The summed E-state index contributed by atoms with van der Waals surface area (Å²) in [6, 6.07) is 9.94. The van der Waals surface area contributed by atoms with E-state index in [1.807, 2.05) is 51.1 Å². The minimum absolute atomic E-state index is 0.122. The van der Waals surface area contributed by atoms with Gasteiger partial charge in [-0.25, -0.2) is 0 Å². The van der Waals surface area contributed by atoms with Crippen molar-refractivity contribution >= 4 is 0 Å². The van der Waals surface area contributed by atoms with Gasteiger partial charge >= 0.3 is 0 Å². The molecule has 2 aliphatic rings. The molecule has 1 aromatic rings. The SMILES string of the molecule is CC[C@]1(CO)O[C@@H]2OC(C)(C)O[C@H]2C1OCc1ccccc1. The molecule has 0 radical (unpaired) electrons. The number of aliphatic hydroxyl groups excluding tert-OH is 1. The van der Waals surface area contributed by atoms with Crippen molar-refractivity contribution in [1.29, 1.82) is 0 Å². The molecule has 1 unspecified atom stereocenters. The van der Waals surface area contributed by atoms with Crippen LogP contribution in [0.4, 0.5) is 0 Å². The van der Waals surface area contributed by atoms with E-state index < -0.39 is 17.7 Å². The van der Waals surface area contributed by atoms with Crippen molar-refractivity contribution in [3.8, 4) is 0 Å². The predicted octanol–water partition coefficient (Wildman–Crippen LogP) is 2.22. The number of rotatable bonds is 5. The molecule has 1 aromatic carbocycles. The number of hydrogen-bond acceptors (Lipinski definition) is 5. The smallest absolute Gasteiger partial charge is 0.190 e. The van der Waals surface area contributed by atoms with Crippen LogP contribution in [-0.4, -0.2) is 41.6 Å². The highest BCUT2D eigenvalue weighted by Gasteiger charge is 2.61. The van der Waals surface area contributed by atoms with Crippen molar-refractivity contribution in [3.05, 3.63) is 35.9 Å². The van der Waals surface area contributed by atoms with Gasteiger partial charge in [-0.3, -0.25) is 0 Å². The van der Waals surface area contributed by atoms with Crippen LogP contribution in [0, 0.1) is 0 Å². The van der Waals surface area contributed by atoms with Crippen LogP contribution in [0.1, 0.15) is 32.8 Å². The van der Waals surface area contributed by atoms with E-state index in [4.69, 9.17) is 18.9 Å². The second-order valence-corrected chi connectivity index (χ2v) is 6.38. The second kappa shape index (κ2) is 5.91. The highest BCUT2D eigenvalue weighted by molar-refractivity contribution is 5.14. The molecule has 0 aliphatic carbocycles. The molecule has 5 heteroatoms. The minimum atomic E-state index is -0.777. The number of aliphatic hydroxyl groups is 1. The molecule has 0 saturated carbocycles. The largest absolute Gasteiger partial charge is 0.393 e. The lowest BCUT2D eigenvalue weighted by atomic mass is 9.93. The molecule has 2 fully saturated rings. The summed E-state index contributed by atoms with van der Waals surface area (Å²) >= 11 is 0. The molecule has 4 atom stereocenters. The third-order valence-electron chi connectivity index (χ3n) is 4.39. The zero-order valence-corrected chi connectivity index (χ0v) is 13.3. The van der Waals surface area contributed by atoms with E-state index >= 15 is 0 Å². The molecule has 22 heavy (non-hydrogen) atoms. The normalized spacial score (nSPS) is 36.5. The second-order valence-electron chi connectivity index (χ2n) is 6.38. The van der Waals surface area contributed by atoms with E-state index in [9.17, 15) is 5.11 Å². The van der Waals surface area contributed by atoms with E-state index in [0.29, 0.717) is 13.0 Å². The van der Waals surface area contributed by atoms with Crippen LogP contribution in [0.3, 0.4) is 0 Å². The number of fused-ring (bicyclic) bond motifs is 1. The quantitative estimate of drug-likeness (QED) is 0.904. The lowest BCUT2D eigenvalue weighted by Crippen LogP contribution is -2.49. The highest BCUT2D eigenvalue weighted by Crippen LogP contribution is 2.45. The maximum absolute atomic E-state index is 9.85. The zero-order chi connectivity index (χ0) is 15.8. The van der Waals surface area contributed by atoms with Crippen molar-refractivity contribution in [2.75, 3.05) is 6.61 Å². The number of hydrogen-bond donors (Lipinski definition) is 1. The first-order chi connectivity index (χ1) is 10.5. The van der Waals surface area contributed by atoms with Gasteiger partial charge in [0.2, 0.25) is 0 Å². The third-order valence-corrected chi connectivity index (χ3v) is 4.39. The lowest BCUT2D eigenvalue weighted by molar-refractivity contribution is -0.252. The average Bonchev–Trinajstić information content (AvgIpc) is 2.95. The first-order valence-electron chi connectivity index (χ1n) is 7.79. The Balaban J connectivity index is 1.77. The van der Waals surface area contributed by atoms with Crippen molar-refractivity contribution < 1.29 is 24.1 Å². The Morgan fingerprint density at radius 2 is 1.86 bits per heavy atom. The van der Waals surface area contributed by atoms with Crippen LogP contribution in [0.25, 0.3) is 0 Å². The fraction of sp³-hybridized carbons (Fsp3) is 0.647. The first-order valence-corrected chi connectivity index (χ1v) is 7.79. The third kappa shape index (κ3) is 2.79. The number of benzene rings is 1. The molecule has 0 bridgehead atoms. The van der Waals surface area contributed by atoms with E-state index in [2.05, 4.69) is 0 Å². The maximum atomic E-state index is 9.85. The van der Waals surface area contributed by atoms with E-state index in [0.717, 1.165) is 5.56 Å². The summed E-state index contributed by atoms with van der Waals surface area (Å²) in [7, 11) is 0. The van der Waals surface area contributed by atoms with Gasteiger partial charge < -0.3 is 24.1 Å². The summed E-state index contributed by atoms with van der Waals surface area (Å²) in [5.74, 6) is -0.695. The molecule has 2 aliphatic heterocycles. The van der Waals surface area contributed by atoms with Crippen LogP contribution in [-0.2, 0) is 25.6 Å². The van der Waals surface area contributed by atoms with Gasteiger partial charge in [-0.05, 0) is 25.8 Å². The molecule has 0 spiro atoms. The van der Waals surface area contributed by atoms with Crippen LogP contribution in [0.5, 0.6) is 0 Å². The molecule has 2 saturated heterocycles. The summed E-state index contributed by atoms with van der Waals surface area (Å²) < 4.78 is 23.8. The van der Waals surface area contributed by atoms with Crippen LogP contribution in [0.15, 0.2) is 30.3 Å². The van der Waals surface area contributed by atoms with Crippen molar-refractivity contribution in [2.45, 2.75) is 63.7 Å². The maximum Gasteiger partial charge on any atom is 0.190 e. The summed E-state index contributed by atoms with van der Waals surface area (Å²) in [6.45, 7) is 6.01. The monoisotopic (exact) mass is 308 g/mol. The fourth-order valence-electron chi connectivity index (χ4n) is 3.18. The molecule has 0 aromatic heterocycles. The Bertz CT molecular complexity index is 497. The molecule has 0 amide bonds. The molecular weight excluding hydrogens is 284 g/mol. The van der Waals surface area contributed by atoms with Gasteiger partial charge in [0.25, 0.3) is 0 Å². The summed E-state index contributed by atoms with van der Waals surface area (Å²) in [4.78, 5) is 0. The fourth-order valence-corrected chi connectivity index (χ4v) is 3.18. The Kier molecular flexibility index (Phi) is 4.27. The molecule has 2 heterocycles. The first kappa shape index (κ1) is 15.9. The molecular formula is C17H24O5. The van der Waals surface area contributed by atoms with Crippen molar-refractivity contribution in [2.24, 2.45) is 0 Å². The highest BCUT2D eigenvalue weighted by atomic mass is 16.8. The van der Waals surface area contributed by atoms with E-state index in [1.54, 1.807) is 0 Å². The van der Waals surface area contributed by atoms with Crippen LogP contribution < -0.4 is 0 Å². The molecule has 1 N–H and O–H groups in total. The summed E-state index contributed by atoms with van der Waals surface area (Å²) in [6.07, 6.45) is -0.563. The van der Waals surface area contributed by atoms with Crippen molar-refractivity contribution in [3.63, 3.8) is 0 Å². The van der Waals surface area contributed by atoms with Gasteiger partial charge in [-0.1, -0.05) is 37.3 Å². The Hall–Kier alpha value is -0.980. The minimum Gasteiger partial charge on any atom is -0.393 e. The predicted molar refractivity (Wildman–Crippen MR) is 80.0 cm³/mol. The van der Waals surface area contributed by atoms with Gasteiger partial charge in [0.1, 0.15) is 17.8 Å². The van der Waals surface area contributed by atoms with E-state index in [-0.39, 0.29) is 18.8 Å². The standard InChI is InChI=1S/C17H24O5/c1-4-17(11-18)14(19-10-12-8-6-5-7-9-12)13-15(22-17)21-16(2,3)20-13/h5-9,13-15,18H,4,10-11H2,1-3H3/t13-,14?,15-,17+/m0/s1.